The molecular formula is C19H17Cl2F3N2O5S. The van der Waals surface area contributed by atoms with Gasteiger partial charge in [0.05, 0.1) is 25.5 Å². The molecule has 2 aromatic carbocycles. The minimum Gasteiger partial charge on any atom is -0.373 e. The number of nitrogens with one attached hydrogen (secondary N) is 1. The minimum atomic E-state index is -5.27. The molecule has 13 heteroatoms. The highest BCUT2D eigenvalue weighted by Gasteiger charge is 2.55. The van der Waals surface area contributed by atoms with Gasteiger partial charge in [0.25, 0.3) is 11.8 Å². The first-order valence-electron chi connectivity index (χ1n) is 8.67. The van der Waals surface area contributed by atoms with Crippen LogP contribution in [-0.4, -0.2) is 56.1 Å². The van der Waals surface area contributed by atoms with Crippen LogP contribution in [0.5, 0.6) is 0 Å². The van der Waals surface area contributed by atoms with E-state index in [0.29, 0.717) is 0 Å². The van der Waals surface area contributed by atoms with Gasteiger partial charge >= 0.3 is 6.18 Å². The van der Waals surface area contributed by atoms with Gasteiger partial charge in [0.15, 0.2) is 0 Å². The standard InChI is InChI=1S/C19H17Cl2F3N2O5S/c1-18(29,19(22,23)24)17(28)25-12-8-9-13(15(21)14(12)20)32(30,31)11-6-4-10(5-7-11)16(27)26(2)3/h4-9,29H,1-3H3,(H,25,28)/t18-/m1/s1. The summed E-state index contributed by atoms with van der Waals surface area (Å²) in [6.45, 7) is 0.251. The number of sulfone groups is 1. The van der Waals surface area contributed by atoms with Crippen LogP contribution < -0.4 is 5.32 Å². The van der Waals surface area contributed by atoms with Crippen LogP contribution in [-0.2, 0) is 14.6 Å². The highest BCUT2D eigenvalue weighted by atomic mass is 35.5. The predicted octanol–water partition coefficient (Wildman–Crippen LogP) is 3.78. The Morgan fingerprint density at radius 1 is 1.00 bits per heavy atom. The fraction of sp³-hybridized carbons (Fsp3) is 0.263. The molecule has 2 aromatic rings. The first kappa shape index (κ1) is 25.9. The predicted molar refractivity (Wildman–Crippen MR) is 112 cm³/mol. The smallest absolute Gasteiger partial charge is 0.373 e. The number of carbonyl (C=O) groups excluding carboxylic acids is 2. The Bertz CT molecular complexity index is 1160. The van der Waals surface area contributed by atoms with Gasteiger partial charge in [-0.3, -0.25) is 9.59 Å². The van der Waals surface area contributed by atoms with Crippen molar-refractivity contribution in [3.63, 3.8) is 0 Å². The molecule has 0 bridgehead atoms. The molecule has 7 nitrogen and oxygen atoms in total. The normalized spacial score (nSPS) is 13.9. The second-order valence-corrected chi connectivity index (χ2v) is 9.66. The molecule has 0 aliphatic rings. The number of anilines is 1. The van der Waals surface area contributed by atoms with Gasteiger partial charge in [-0.1, -0.05) is 23.2 Å². The van der Waals surface area contributed by atoms with Crippen LogP contribution in [0.1, 0.15) is 17.3 Å². The third kappa shape index (κ3) is 4.85. The molecule has 0 spiro atoms. The van der Waals surface area contributed by atoms with Crippen molar-refractivity contribution in [2.45, 2.75) is 28.5 Å². The second kappa shape index (κ2) is 8.89. The van der Waals surface area contributed by atoms with Crippen LogP contribution in [0, 0.1) is 0 Å². The van der Waals surface area contributed by atoms with Crippen molar-refractivity contribution in [3.05, 3.63) is 52.0 Å². The summed E-state index contributed by atoms with van der Waals surface area (Å²) in [7, 11) is -1.17. The maximum Gasteiger partial charge on any atom is 0.426 e. The van der Waals surface area contributed by atoms with E-state index >= 15 is 0 Å². The highest BCUT2D eigenvalue weighted by molar-refractivity contribution is 7.91. The molecular weight excluding hydrogens is 496 g/mol. The summed E-state index contributed by atoms with van der Waals surface area (Å²) in [6.07, 6.45) is -5.27. The number of benzene rings is 2. The van der Waals surface area contributed by atoms with E-state index in [-0.39, 0.29) is 23.3 Å². The molecule has 2 N–H and O–H groups in total. The number of carbonyl (C=O) groups is 2. The molecule has 0 unspecified atom stereocenters. The van der Waals surface area contributed by atoms with Crippen LogP contribution in [0.2, 0.25) is 10.0 Å². The van der Waals surface area contributed by atoms with Gasteiger partial charge in [-0.05, 0) is 43.3 Å². The van der Waals surface area contributed by atoms with Gasteiger partial charge in [0.1, 0.15) is 0 Å². The van der Waals surface area contributed by atoms with Crippen LogP contribution in [0.15, 0.2) is 46.2 Å². The van der Waals surface area contributed by atoms with Gasteiger partial charge in [0, 0.05) is 19.7 Å². The molecule has 2 amide bonds. The summed E-state index contributed by atoms with van der Waals surface area (Å²) in [4.78, 5) is 24.4. The molecule has 0 saturated heterocycles. The van der Waals surface area contributed by atoms with Crippen LogP contribution in [0.4, 0.5) is 18.9 Å². The number of alkyl halides is 3. The molecule has 32 heavy (non-hydrogen) atoms. The lowest BCUT2D eigenvalue weighted by molar-refractivity contribution is -0.242. The molecule has 0 aliphatic heterocycles. The fourth-order valence-electron chi connectivity index (χ4n) is 2.37. The minimum absolute atomic E-state index is 0.220. The molecule has 2 rings (SSSR count). The summed E-state index contributed by atoms with van der Waals surface area (Å²) in [5, 5.41) is 10.1. The Kier molecular flexibility index (Phi) is 7.20. The lowest BCUT2D eigenvalue weighted by atomic mass is 10.1. The monoisotopic (exact) mass is 512 g/mol. The number of amides is 2. The van der Waals surface area contributed by atoms with E-state index in [1.807, 2.05) is 0 Å². The van der Waals surface area contributed by atoms with Crippen LogP contribution in [0.25, 0.3) is 0 Å². The maximum absolute atomic E-state index is 12.9. The Morgan fingerprint density at radius 3 is 2.00 bits per heavy atom. The third-order valence-electron chi connectivity index (χ3n) is 4.40. The molecule has 0 aliphatic carbocycles. The van der Waals surface area contributed by atoms with Gasteiger partial charge in [-0.25, -0.2) is 8.42 Å². The molecule has 174 valence electrons. The first-order chi connectivity index (χ1) is 14.5. The number of hydrogen-bond acceptors (Lipinski definition) is 5. The Balaban J connectivity index is 2.41. The van der Waals surface area contributed by atoms with Gasteiger partial charge in [-0.2, -0.15) is 13.2 Å². The zero-order chi connectivity index (χ0) is 24.6. The molecule has 0 radical (unpaired) electrons. The summed E-state index contributed by atoms with van der Waals surface area (Å²) >= 11 is 12.0. The van der Waals surface area contributed by atoms with Crippen molar-refractivity contribution in [2.24, 2.45) is 0 Å². The molecule has 0 saturated carbocycles. The Morgan fingerprint density at radius 2 is 1.53 bits per heavy atom. The third-order valence-corrected chi connectivity index (χ3v) is 7.20. The van der Waals surface area contributed by atoms with Crippen LogP contribution >= 0.6 is 23.2 Å². The van der Waals surface area contributed by atoms with Gasteiger partial charge < -0.3 is 15.3 Å². The highest BCUT2D eigenvalue weighted by Crippen LogP contribution is 2.39. The van der Waals surface area contributed by atoms with E-state index in [4.69, 9.17) is 23.2 Å². The van der Waals surface area contributed by atoms with Crippen molar-refractivity contribution >= 4 is 50.5 Å². The Hall–Kier alpha value is -2.34. The number of nitrogens with zero attached hydrogens (tertiary/aromatic N) is 1. The largest absolute Gasteiger partial charge is 0.426 e. The zero-order valence-corrected chi connectivity index (χ0v) is 19.1. The van der Waals surface area contributed by atoms with Crippen LogP contribution in [0.3, 0.4) is 0 Å². The number of hydrogen-bond donors (Lipinski definition) is 2. The first-order valence-corrected chi connectivity index (χ1v) is 10.9. The van der Waals surface area contributed by atoms with E-state index in [9.17, 15) is 36.3 Å². The van der Waals surface area contributed by atoms with E-state index in [0.717, 1.165) is 12.1 Å². The zero-order valence-electron chi connectivity index (χ0n) is 16.8. The molecule has 0 fully saturated rings. The van der Waals surface area contributed by atoms with Crippen molar-refractivity contribution in [1.82, 2.24) is 4.90 Å². The summed E-state index contributed by atoms with van der Waals surface area (Å²) in [5.74, 6) is -2.18. The average Bonchev–Trinajstić information content (AvgIpc) is 2.69. The van der Waals surface area contributed by atoms with Crippen molar-refractivity contribution in [3.8, 4) is 0 Å². The lowest BCUT2D eigenvalue weighted by Crippen LogP contribution is -2.52. The van der Waals surface area contributed by atoms with E-state index < -0.39 is 48.1 Å². The number of rotatable bonds is 5. The maximum atomic E-state index is 12.9. The average molecular weight is 513 g/mol. The summed E-state index contributed by atoms with van der Waals surface area (Å²) in [5.41, 5.74) is -3.91. The lowest BCUT2D eigenvalue weighted by Gasteiger charge is -2.25. The van der Waals surface area contributed by atoms with E-state index in [1.165, 1.54) is 43.3 Å². The molecule has 1 atom stereocenters. The van der Waals surface area contributed by atoms with Gasteiger partial charge in [-0.15, -0.1) is 0 Å². The fourth-order valence-corrected chi connectivity index (χ4v) is 4.44. The number of halogens is 5. The number of aliphatic hydroxyl groups is 1. The topological polar surface area (TPSA) is 104 Å². The quantitative estimate of drug-likeness (QED) is 0.634. The molecule has 0 aromatic heterocycles. The van der Waals surface area contributed by atoms with E-state index in [1.54, 1.807) is 5.32 Å². The van der Waals surface area contributed by atoms with Gasteiger partial charge in [0.2, 0.25) is 15.4 Å². The second-order valence-electron chi connectivity index (χ2n) is 6.99. The summed E-state index contributed by atoms with van der Waals surface area (Å²) in [6, 6.07) is 6.87. The SMILES string of the molecule is CN(C)C(=O)c1ccc(S(=O)(=O)c2ccc(NC(=O)[C@@](C)(O)C(F)(F)F)c(Cl)c2Cl)cc1. The van der Waals surface area contributed by atoms with E-state index in [2.05, 4.69) is 0 Å². The Labute approximate surface area is 191 Å². The van der Waals surface area contributed by atoms with Crippen molar-refractivity contribution in [2.75, 3.05) is 19.4 Å². The van der Waals surface area contributed by atoms with Crippen molar-refractivity contribution in [1.29, 1.82) is 0 Å². The molecule has 0 heterocycles. The van der Waals surface area contributed by atoms with Crippen molar-refractivity contribution < 1.29 is 36.3 Å². The summed E-state index contributed by atoms with van der Waals surface area (Å²) < 4.78 is 64.3.